The van der Waals surface area contributed by atoms with Gasteiger partial charge in [0.25, 0.3) is 0 Å². The highest BCUT2D eigenvalue weighted by Gasteiger charge is 2.20. The van der Waals surface area contributed by atoms with E-state index in [2.05, 4.69) is 0 Å². The molecule has 5 heteroatoms. The summed E-state index contributed by atoms with van der Waals surface area (Å²) in [6, 6.07) is 12.6. The monoisotopic (exact) mass is 350 g/mol. The summed E-state index contributed by atoms with van der Waals surface area (Å²) in [4.78, 5) is 24.1. The van der Waals surface area contributed by atoms with Crippen LogP contribution in [0, 0.1) is 6.92 Å². The minimum atomic E-state index is -0.517. The average molecular weight is 350 g/mol. The Morgan fingerprint density at radius 3 is 2.77 bits per heavy atom. The number of para-hydroxylation sites is 1. The molecule has 0 bridgehead atoms. The maximum Gasteiger partial charge on any atom is 0.349 e. The van der Waals surface area contributed by atoms with Crippen molar-refractivity contribution in [3.8, 4) is 11.5 Å². The van der Waals surface area contributed by atoms with E-state index in [1.165, 1.54) is 0 Å². The van der Waals surface area contributed by atoms with E-state index < -0.39 is 5.97 Å². The summed E-state index contributed by atoms with van der Waals surface area (Å²) in [5.41, 5.74) is 2.92. The molecule has 4 rings (SSSR count). The summed E-state index contributed by atoms with van der Waals surface area (Å²) in [6.07, 6.45) is 2.60. The van der Waals surface area contributed by atoms with Crippen LogP contribution in [-0.2, 0) is 17.6 Å². The van der Waals surface area contributed by atoms with Crippen molar-refractivity contribution in [1.82, 2.24) is 0 Å². The first kappa shape index (κ1) is 16.4. The van der Waals surface area contributed by atoms with Crippen LogP contribution < -0.4 is 15.1 Å². The number of esters is 1. The van der Waals surface area contributed by atoms with Gasteiger partial charge in [-0.3, -0.25) is 0 Å². The fraction of sp³-hybridized carbons (Fsp3) is 0.238. The molecule has 5 nitrogen and oxygen atoms in total. The first-order valence-corrected chi connectivity index (χ1v) is 8.59. The van der Waals surface area contributed by atoms with Crippen molar-refractivity contribution in [2.45, 2.75) is 26.2 Å². The summed E-state index contributed by atoms with van der Waals surface area (Å²) in [5, 5.41) is 0.910. The van der Waals surface area contributed by atoms with Crippen LogP contribution in [0.5, 0.6) is 11.5 Å². The lowest BCUT2D eigenvalue weighted by Gasteiger charge is -2.09. The molecule has 0 fully saturated rings. The van der Waals surface area contributed by atoms with Gasteiger partial charge in [0, 0.05) is 17.0 Å². The van der Waals surface area contributed by atoms with Crippen molar-refractivity contribution in [3.05, 3.63) is 69.6 Å². The fourth-order valence-corrected chi connectivity index (χ4v) is 3.34. The van der Waals surface area contributed by atoms with Crippen LogP contribution in [0.4, 0.5) is 0 Å². The largest absolute Gasteiger partial charge is 0.482 e. The second-order valence-electron chi connectivity index (χ2n) is 6.39. The molecule has 0 radical (unpaired) electrons. The highest BCUT2D eigenvalue weighted by atomic mass is 16.6. The highest BCUT2D eigenvalue weighted by Crippen LogP contribution is 2.29. The van der Waals surface area contributed by atoms with Gasteiger partial charge in [-0.2, -0.15) is 0 Å². The Bertz CT molecular complexity index is 1050. The molecule has 3 aromatic rings. The number of aryl methyl sites for hydroxylation is 2. The highest BCUT2D eigenvalue weighted by molar-refractivity contribution is 5.84. The van der Waals surface area contributed by atoms with Crippen LogP contribution in [-0.4, -0.2) is 12.6 Å². The second kappa shape index (κ2) is 6.67. The third-order valence-corrected chi connectivity index (χ3v) is 4.62. The van der Waals surface area contributed by atoms with E-state index >= 15 is 0 Å². The van der Waals surface area contributed by atoms with E-state index in [0.717, 1.165) is 41.3 Å². The molecule has 2 aromatic carbocycles. The molecule has 1 aliphatic carbocycles. The molecular formula is C21H18O5. The van der Waals surface area contributed by atoms with Crippen molar-refractivity contribution in [1.29, 1.82) is 0 Å². The van der Waals surface area contributed by atoms with Crippen LogP contribution in [0.25, 0.3) is 11.0 Å². The molecule has 0 saturated carbocycles. The summed E-state index contributed by atoms with van der Waals surface area (Å²) in [7, 11) is 0. The molecule has 1 heterocycles. The predicted octanol–water partition coefficient (Wildman–Crippen LogP) is 3.57. The van der Waals surface area contributed by atoms with E-state index in [0.29, 0.717) is 17.1 Å². The van der Waals surface area contributed by atoms with Gasteiger partial charge < -0.3 is 13.9 Å². The maximum absolute atomic E-state index is 12.1. The number of benzene rings is 2. The summed E-state index contributed by atoms with van der Waals surface area (Å²) < 4.78 is 16.2. The van der Waals surface area contributed by atoms with Crippen molar-refractivity contribution in [2.24, 2.45) is 0 Å². The Morgan fingerprint density at radius 2 is 1.92 bits per heavy atom. The first-order valence-electron chi connectivity index (χ1n) is 8.59. The standard InChI is InChI=1S/C21H18O5/c1-13-5-2-3-8-18(13)24-12-20(22)25-14-9-10-16-15-6-4-7-17(15)21(23)26-19(16)11-14/h2-3,5,8-11H,4,6-7,12H2,1H3. The van der Waals surface area contributed by atoms with Gasteiger partial charge >= 0.3 is 11.6 Å². The van der Waals surface area contributed by atoms with Crippen LogP contribution in [0.15, 0.2) is 51.7 Å². The minimum Gasteiger partial charge on any atom is -0.482 e. The van der Waals surface area contributed by atoms with E-state index in [1.807, 2.05) is 31.2 Å². The molecule has 0 unspecified atom stereocenters. The van der Waals surface area contributed by atoms with Gasteiger partial charge in [0.15, 0.2) is 6.61 Å². The zero-order chi connectivity index (χ0) is 18.1. The first-order chi connectivity index (χ1) is 12.6. The van der Waals surface area contributed by atoms with Crippen molar-refractivity contribution < 1.29 is 18.7 Å². The average Bonchev–Trinajstić information content (AvgIpc) is 3.11. The van der Waals surface area contributed by atoms with E-state index in [-0.39, 0.29) is 12.2 Å². The number of hydrogen-bond donors (Lipinski definition) is 0. The molecule has 132 valence electrons. The lowest BCUT2D eigenvalue weighted by molar-refractivity contribution is -0.136. The molecule has 0 atom stereocenters. The number of carbonyl (C=O) groups excluding carboxylic acids is 1. The number of rotatable bonds is 4. The molecule has 0 N–H and O–H groups in total. The predicted molar refractivity (Wildman–Crippen MR) is 96.8 cm³/mol. The zero-order valence-electron chi connectivity index (χ0n) is 14.4. The van der Waals surface area contributed by atoms with Gasteiger partial charge in [-0.1, -0.05) is 18.2 Å². The molecule has 1 aliphatic rings. The van der Waals surface area contributed by atoms with E-state index in [4.69, 9.17) is 13.9 Å². The third-order valence-electron chi connectivity index (χ3n) is 4.62. The number of hydrogen-bond acceptors (Lipinski definition) is 5. The second-order valence-corrected chi connectivity index (χ2v) is 6.39. The van der Waals surface area contributed by atoms with Gasteiger partial charge in [0.2, 0.25) is 0 Å². The normalized spacial score (nSPS) is 12.8. The lowest BCUT2D eigenvalue weighted by atomic mass is 10.1. The van der Waals surface area contributed by atoms with E-state index in [1.54, 1.807) is 18.2 Å². The molecule has 0 saturated heterocycles. The maximum atomic E-state index is 12.1. The lowest BCUT2D eigenvalue weighted by Crippen LogP contribution is -2.18. The fourth-order valence-electron chi connectivity index (χ4n) is 3.34. The van der Waals surface area contributed by atoms with Gasteiger partial charge in [-0.15, -0.1) is 0 Å². The van der Waals surface area contributed by atoms with Gasteiger partial charge in [0.05, 0.1) is 0 Å². The van der Waals surface area contributed by atoms with Crippen LogP contribution in [0.3, 0.4) is 0 Å². The van der Waals surface area contributed by atoms with Crippen LogP contribution >= 0.6 is 0 Å². The summed E-state index contributed by atoms with van der Waals surface area (Å²) in [6.45, 7) is 1.71. The van der Waals surface area contributed by atoms with Crippen molar-refractivity contribution >= 4 is 16.9 Å². The Morgan fingerprint density at radius 1 is 1.12 bits per heavy atom. The SMILES string of the molecule is Cc1ccccc1OCC(=O)Oc1ccc2c3c(c(=O)oc2c1)CCC3. The molecule has 0 aliphatic heterocycles. The topological polar surface area (TPSA) is 65.7 Å². The Hall–Kier alpha value is -3.08. The van der Waals surface area contributed by atoms with Crippen LogP contribution in [0.1, 0.15) is 23.1 Å². The Balaban J connectivity index is 1.51. The summed E-state index contributed by atoms with van der Waals surface area (Å²) in [5.74, 6) is 0.456. The van der Waals surface area contributed by atoms with Gasteiger partial charge in [-0.05, 0) is 55.5 Å². The molecular weight excluding hydrogens is 332 g/mol. The van der Waals surface area contributed by atoms with E-state index in [9.17, 15) is 9.59 Å². The smallest absolute Gasteiger partial charge is 0.349 e. The van der Waals surface area contributed by atoms with Crippen molar-refractivity contribution in [3.63, 3.8) is 0 Å². The number of carbonyl (C=O) groups is 1. The zero-order valence-corrected chi connectivity index (χ0v) is 14.4. The van der Waals surface area contributed by atoms with Gasteiger partial charge in [0.1, 0.15) is 17.1 Å². The number of ether oxygens (including phenoxy) is 2. The molecule has 26 heavy (non-hydrogen) atoms. The Kier molecular flexibility index (Phi) is 4.21. The Labute approximate surface area is 150 Å². The third kappa shape index (κ3) is 3.08. The van der Waals surface area contributed by atoms with Crippen molar-refractivity contribution in [2.75, 3.05) is 6.61 Å². The molecule has 0 spiro atoms. The molecule has 0 amide bonds. The number of fused-ring (bicyclic) bond motifs is 3. The minimum absolute atomic E-state index is 0.197. The quantitative estimate of drug-likeness (QED) is 0.409. The van der Waals surface area contributed by atoms with Crippen LogP contribution in [0.2, 0.25) is 0 Å². The molecule has 1 aromatic heterocycles. The summed E-state index contributed by atoms with van der Waals surface area (Å²) >= 11 is 0. The van der Waals surface area contributed by atoms with Gasteiger partial charge in [-0.25, -0.2) is 9.59 Å².